The quantitative estimate of drug-likeness (QED) is 0.791. The molecular formula is C19H26N4O3. The van der Waals surface area contributed by atoms with E-state index in [4.69, 9.17) is 9.47 Å². The molecule has 0 bridgehead atoms. The molecule has 0 aliphatic rings. The van der Waals surface area contributed by atoms with Gasteiger partial charge in [0.2, 0.25) is 5.95 Å². The van der Waals surface area contributed by atoms with Gasteiger partial charge in [-0.3, -0.25) is 4.79 Å². The number of methoxy groups -OCH3 is 2. The first-order chi connectivity index (χ1) is 12.3. The number of carbonyl (C=O) groups is 1. The monoisotopic (exact) mass is 358 g/mol. The zero-order valence-corrected chi connectivity index (χ0v) is 15.9. The van der Waals surface area contributed by atoms with Crippen LogP contribution in [0.4, 0.5) is 5.95 Å². The molecule has 0 spiro atoms. The summed E-state index contributed by atoms with van der Waals surface area (Å²) in [6, 6.07) is 5.82. The standard InChI is InChI=1S/C19H26N4O3/c1-19(2,3)23-17(24)14-11-21-18(22-12-14)20-9-8-13-6-7-15(25-4)16(10-13)26-5/h6-7,10-12H,8-9H2,1-5H3,(H,23,24)(H,20,21,22). The van der Waals surface area contributed by atoms with Gasteiger partial charge in [-0.05, 0) is 44.9 Å². The molecule has 1 amide bonds. The normalized spacial score (nSPS) is 11.0. The third kappa shape index (κ3) is 5.61. The number of benzene rings is 1. The molecule has 0 saturated heterocycles. The van der Waals surface area contributed by atoms with Crippen molar-refractivity contribution in [2.75, 3.05) is 26.1 Å². The van der Waals surface area contributed by atoms with Gasteiger partial charge < -0.3 is 20.1 Å². The van der Waals surface area contributed by atoms with Crippen molar-refractivity contribution in [2.45, 2.75) is 32.7 Å². The summed E-state index contributed by atoms with van der Waals surface area (Å²) in [7, 11) is 3.23. The van der Waals surface area contributed by atoms with Crippen LogP contribution in [0.5, 0.6) is 11.5 Å². The summed E-state index contributed by atoms with van der Waals surface area (Å²) in [5, 5.41) is 6.03. The number of nitrogens with one attached hydrogen (secondary N) is 2. The molecule has 7 heteroatoms. The lowest BCUT2D eigenvalue weighted by molar-refractivity contribution is 0.0919. The first-order valence-electron chi connectivity index (χ1n) is 8.41. The van der Waals surface area contributed by atoms with E-state index in [1.807, 2.05) is 39.0 Å². The van der Waals surface area contributed by atoms with E-state index >= 15 is 0 Å². The fraction of sp³-hybridized carbons (Fsp3) is 0.421. The van der Waals surface area contributed by atoms with E-state index < -0.39 is 0 Å². The van der Waals surface area contributed by atoms with Crippen molar-refractivity contribution < 1.29 is 14.3 Å². The fourth-order valence-electron chi connectivity index (χ4n) is 2.30. The second-order valence-corrected chi connectivity index (χ2v) is 6.87. The molecule has 7 nitrogen and oxygen atoms in total. The molecule has 2 N–H and O–H groups in total. The number of rotatable bonds is 7. The first-order valence-corrected chi connectivity index (χ1v) is 8.41. The number of nitrogens with zero attached hydrogens (tertiary/aromatic N) is 2. The summed E-state index contributed by atoms with van der Waals surface area (Å²) in [6.45, 7) is 6.44. The highest BCUT2D eigenvalue weighted by molar-refractivity contribution is 5.94. The van der Waals surface area contributed by atoms with Crippen LogP contribution in [0, 0.1) is 0 Å². The zero-order valence-electron chi connectivity index (χ0n) is 15.9. The van der Waals surface area contributed by atoms with E-state index in [9.17, 15) is 4.79 Å². The smallest absolute Gasteiger partial charge is 0.254 e. The highest BCUT2D eigenvalue weighted by atomic mass is 16.5. The van der Waals surface area contributed by atoms with Crippen molar-refractivity contribution in [1.82, 2.24) is 15.3 Å². The molecule has 26 heavy (non-hydrogen) atoms. The summed E-state index contributed by atoms with van der Waals surface area (Å²) in [5.74, 6) is 1.71. The molecule has 140 valence electrons. The van der Waals surface area contributed by atoms with Crippen LogP contribution in [0.15, 0.2) is 30.6 Å². The van der Waals surface area contributed by atoms with Crippen LogP contribution in [-0.4, -0.2) is 42.2 Å². The van der Waals surface area contributed by atoms with Gasteiger partial charge in [-0.2, -0.15) is 0 Å². The molecule has 1 aromatic heterocycles. The van der Waals surface area contributed by atoms with Crippen LogP contribution in [-0.2, 0) is 6.42 Å². The maximum Gasteiger partial charge on any atom is 0.254 e. The molecular weight excluding hydrogens is 332 g/mol. The lowest BCUT2D eigenvalue weighted by atomic mass is 10.1. The zero-order chi connectivity index (χ0) is 19.2. The topological polar surface area (TPSA) is 85.4 Å². The SMILES string of the molecule is COc1ccc(CCNc2ncc(C(=O)NC(C)(C)C)cn2)cc1OC. The number of hydrogen-bond acceptors (Lipinski definition) is 6. The van der Waals surface area contributed by atoms with E-state index in [1.54, 1.807) is 14.2 Å². The molecule has 0 unspecified atom stereocenters. The van der Waals surface area contributed by atoms with Gasteiger partial charge in [0.25, 0.3) is 5.91 Å². The largest absolute Gasteiger partial charge is 0.493 e. The van der Waals surface area contributed by atoms with Gasteiger partial charge in [-0.25, -0.2) is 9.97 Å². The Morgan fingerprint density at radius 2 is 1.73 bits per heavy atom. The number of amides is 1. The minimum Gasteiger partial charge on any atom is -0.493 e. The van der Waals surface area contributed by atoms with Crippen LogP contribution in [0.3, 0.4) is 0 Å². The van der Waals surface area contributed by atoms with Gasteiger partial charge in [0.1, 0.15) is 0 Å². The van der Waals surface area contributed by atoms with Crippen molar-refractivity contribution >= 4 is 11.9 Å². The third-order valence-corrected chi connectivity index (χ3v) is 3.55. The Balaban J connectivity index is 1.89. The average Bonchev–Trinajstić information content (AvgIpc) is 2.60. The highest BCUT2D eigenvalue weighted by Crippen LogP contribution is 2.27. The minimum atomic E-state index is -0.298. The second kappa shape index (κ2) is 8.51. The summed E-state index contributed by atoms with van der Waals surface area (Å²) >= 11 is 0. The summed E-state index contributed by atoms with van der Waals surface area (Å²) in [6.07, 6.45) is 3.82. The van der Waals surface area contributed by atoms with Crippen molar-refractivity contribution in [3.8, 4) is 11.5 Å². The van der Waals surface area contributed by atoms with Crippen molar-refractivity contribution in [3.63, 3.8) is 0 Å². The Morgan fingerprint density at radius 1 is 1.08 bits per heavy atom. The second-order valence-electron chi connectivity index (χ2n) is 6.87. The van der Waals surface area contributed by atoms with Gasteiger partial charge in [0.15, 0.2) is 11.5 Å². The number of carbonyl (C=O) groups excluding carboxylic acids is 1. The average molecular weight is 358 g/mol. The molecule has 0 aliphatic carbocycles. The first kappa shape index (κ1) is 19.5. The van der Waals surface area contributed by atoms with Crippen molar-refractivity contribution in [2.24, 2.45) is 0 Å². The Morgan fingerprint density at radius 3 is 2.31 bits per heavy atom. The Labute approximate surface area is 154 Å². The molecule has 0 aliphatic heterocycles. The van der Waals surface area contributed by atoms with Gasteiger partial charge in [-0.15, -0.1) is 0 Å². The Hall–Kier alpha value is -2.83. The molecule has 0 atom stereocenters. The Kier molecular flexibility index (Phi) is 6.38. The summed E-state index contributed by atoms with van der Waals surface area (Å²) < 4.78 is 10.5. The van der Waals surface area contributed by atoms with E-state index in [1.165, 1.54) is 12.4 Å². The van der Waals surface area contributed by atoms with Crippen LogP contribution < -0.4 is 20.1 Å². The van der Waals surface area contributed by atoms with Crippen molar-refractivity contribution in [1.29, 1.82) is 0 Å². The van der Waals surface area contributed by atoms with E-state index in [0.29, 0.717) is 29.6 Å². The van der Waals surface area contributed by atoms with Crippen molar-refractivity contribution in [3.05, 3.63) is 41.7 Å². The molecule has 2 rings (SSSR count). The number of hydrogen-bond donors (Lipinski definition) is 2. The summed E-state index contributed by atoms with van der Waals surface area (Å²) in [5.41, 5.74) is 1.25. The molecule has 0 radical (unpaired) electrons. The molecule has 0 fully saturated rings. The van der Waals surface area contributed by atoms with Gasteiger partial charge in [0.05, 0.1) is 19.8 Å². The van der Waals surface area contributed by atoms with E-state index in [2.05, 4.69) is 20.6 Å². The van der Waals surface area contributed by atoms with Crippen LogP contribution in [0.2, 0.25) is 0 Å². The lowest BCUT2D eigenvalue weighted by Crippen LogP contribution is -2.40. The number of aromatic nitrogens is 2. The number of ether oxygens (including phenoxy) is 2. The van der Waals surface area contributed by atoms with E-state index in [-0.39, 0.29) is 11.4 Å². The molecule has 0 saturated carbocycles. The fourth-order valence-corrected chi connectivity index (χ4v) is 2.30. The van der Waals surface area contributed by atoms with Gasteiger partial charge >= 0.3 is 0 Å². The highest BCUT2D eigenvalue weighted by Gasteiger charge is 2.15. The predicted molar refractivity (Wildman–Crippen MR) is 101 cm³/mol. The van der Waals surface area contributed by atoms with Gasteiger partial charge in [0, 0.05) is 24.5 Å². The Bertz CT molecular complexity index is 739. The maximum atomic E-state index is 12.0. The summed E-state index contributed by atoms with van der Waals surface area (Å²) in [4.78, 5) is 20.4. The molecule has 1 heterocycles. The predicted octanol–water partition coefficient (Wildman–Crippen LogP) is 2.68. The van der Waals surface area contributed by atoms with Crippen LogP contribution >= 0.6 is 0 Å². The van der Waals surface area contributed by atoms with Crippen LogP contribution in [0.1, 0.15) is 36.7 Å². The number of anilines is 1. The third-order valence-electron chi connectivity index (χ3n) is 3.55. The molecule has 1 aromatic carbocycles. The van der Waals surface area contributed by atoms with Gasteiger partial charge in [-0.1, -0.05) is 6.07 Å². The van der Waals surface area contributed by atoms with Crippen LogP contribution in [0.25, 0.3) is 0 Å². The molecule has 2 aromatic rings. The lowest BCUT2D eigenvalue weighted by Gasteiger charge is -2.20. The van der Waals surface area contributed by atoms with E-state index in [0.717, 1.165) is 12.0 Å². The minimum absolute atomic E-state index is 0.186. The maximum absolute atomic E-state index is 12.0.